The summed E-state index contributed by atoms with van der Waals surface area (Å²) in [5.74, 6) is 0.256. The Morgan fingerprint density at radius 3 is 2.74 bits per heavy atom. The predicted molar refractivity (Wildman–Crippen MR) is 72.2 cm³/mol. The largest absolute Gasteiger partial charge is 0.394 e. The number of rotatable bonds is 4. The van der Waals surface area contributed by atoms with Crippen molar-refractivity contribution in [2.75, 3.05) is 11.9 Å². The lowest BCUT2D eigenvalue weighted by molar-refractivity contribution is -0.384. The molecule has 0 amide bonds. The first-order valence-corrected chi connectivity index (χ1v) is 6.56. The third-order valence-corrected chi connectivity index (χ3v) is 3.70. The van der Waals surface area contributed by atoms with Gasteiger partial charge in [-0.3, -0.25) is 10.1 Å². The summed E-state index contributed by atoms with van der Waals surface area (Å²) >= 11 is 0. The maximum Gasteiger partial charge on any atom is 0.311 e. The number of nitrogens with one attached hydrogen (secondary N) is 1. The number of aliphatic hydroxyl groups excluding tert-OH is 1. The number of aromatic nitrogens is 1. The smallest absolute Gasteiger partial charge is 0.311 e. The van der Waals surface area contributed by atoms with Gasteiger partial charge in [0.2, 0.25) is 5.82 Å². The zero-order chi connectivity index (χ0) is 13.9. The molecule has 1 aromatic rings. The van der Waals surface area contributed by atoms with Crippen LogP contribution >= 0.6 is 0 Å². The van der Waals surface area contributed by atoms with Gasteiger partial charge in [-0.2, -0.15) is 0 Å². The monoisotopic (exact) mass is 265 g/mol. The van der Waals surface area contributed by atoms with E-state index in [0.717, 1.165) is 37.7 Å². The summed E-state index contributed by atoms with van der Waals surface area (Å²) in [6.45, 7) is 1.74. The van der Waals surface area contributed by atoms with E-state index in [1.807, 2.05) is 0 Å². The molecule has 6 nitrogen and oxygen atoms in total. The second kappa shape index (κ2) is 5.52. The summed E-state index contributed by atoms with van der Waals surface area (Å²) in [5, 5.41) is 23.8. The van der Waals surface area contributed by atoms with Crippen LogP contribution in [0.15, 0.2) is 12.3 Å². The molecule has 1 saturated carbocycles. The predicted octanol–water partition coefficient (Wildman–Crippen LogP) is 2.41. The van der Waals surface area contributed by atoms with Crippen molar-refractivity contribution in [3.8, 4) is 0 Å². The summed E-state index contributed by atoms with van der Waals surface area (Å²) < 4.78 is 0. The van der Waals surface area contributed by atoms with Crippen LogP contribution in [0.3, 0.4) is 0 Å². The van der Waals surface area contributed by atoms with E-state index in [2.05, 4.69) is 10.3 Å². The fourth-order valence-corrected chi connectivity index (χ4v) is 2.59. The van der Waals surface area contributed by atoms with E-state index < -0.39 is 10.5 Å². The summed E-state index contributed by atoms with van der Waals surface area (Å²) in [7, 11) is 0. The molecular formula is C13H19N3O3. The van der Waals surface area contributed by atoms with E-state index in [9.17, 15) is 15.2 Å². The molecule has 6 heteroatoms. The van der Waals surface area contributed by atoms with Gasteiger partial charge in [0.15, 0.2) is 0 Å². The Hall–Kier alpha value is -1.69. The lowest BCUT2D eigenvalue weighted by atomic mass is 9.82. The van der Waals surface area contributed by atoms with E-state index >= 15 is 0 Å². The Bertz CT molecular complexity index is 470. The normalized spacial score (nSPS) is 18.0. The molecule has 1 aliphatic carbocycles. The molecule has 1 aromatic heterocycles. The second-order valence-corrected chi connectivity index (χ2v) is 5.26. The van der Waals surface area contributed by atoms with Crippen LogP contribution in [0.5, 0.6) is 0 Å². The van der Waals surface area contributed by atoms with E-state index in [1.54, 1.807) is 13.1 Å². The van der Waals surface area contributed by atoms with Gasteiger partial charge in [0.1, 0.15) is 0 Å². The third kappa shape index (κ3) is 3.01. The summed E-state index contributed by atoms with van der Waals surface area (Å²) in [5.41, 5.74) is 0.253. The average molecular weight is 265 g/mol. The van der Waals surface area contributed by atoms with E-state index in [0.29, 0.717) is 0 Å². The van der Waals surface area contributed by atoms with Gasteiger partial charge in [-0.25, -0.2) is 4.98 Å². The number of hydrogen-bond donors (Lipinski definition) is 2. The molecule has 1 fully saturated rings. The molecule has 0 unspecified atom stereocenters. The Kier molecular flexibility index (Phi) is 3.99. The lowest BCUT2D eigenvalue weighted by Crippen LogP contribution is -2.44. The molecule has 0 saturated heterocycles. The first kappa shape index (κ1) is 13.7. The van der Waals surface area contributed by atoms with Crippen molar-refractivity contribution in [3.63, 3.8) is 0 Å². The van der Waals surface area contributed by atoms with Crippen LogP contribution in [-0.2, 0) is 0 Å². The molecule has 0 radical (unpaired) electrons. The van der Waals surface area contributed by atoms with E-state index in [1.165, 1.54) is 6.07 Å². The van der Waals surface area contributed by atoms with Crippen LogP contribution in [0.4, 0.5) is 11.5 Å². The molecule has 0 aliphatic heterocycles. The highest BCUT2D eigenvalue weighted by Crippen LogP contribution is 2.33. The second-order valence-electron chi connectivity index (χ2n) is 5.26. The van der Waals surface area contributed by atoms with Gasteiger partial charge in [0.05, 0.1) is 17.1 Å². The van der Waals surface area contributed by atoms with Gasteiger partial charge in [-0.1, -0.05) is 19.3 Å². The van der Waals surface area contributed by atoms with Crippen molar-refractivity contribution in [1.82, 2.24) is 4.98 Å². The standard InChI is InChI=1S/C13H19N3O3/c1-10-7-11(16(18)19)12(14-8-10)15-13(9-17)5-3-2-4-6-13/h7-8,17H,2-6,9H2,1H3,(H,14,15). The first-order valence-electron chi connectivity index (χ1n) is 6.56. The van der Waals surface area contributed by atoms with Crippen molar-refractivity contribution < 1.29 is 10.0 Å². The van der Waals surface area contributed by atoms with Gasteiger partial charge in [-0.15, -0.1) is 0 Å². The number of nitro groups is 1. The van der Waals surface area contributed by atoms with Crippen molar-refractivity contribution in [1.29, 1.82) is 0 Å². The highest BCUT2D eigenvalue weighted by Gasteiger charge is 2.33. The molecule has 2 N–H and O–H groups in total. The van der Waals surface area contributed by atoms with Crippen LogP contribution < -0.4 is 5.32 Å². The number of hydrogen-bond acceptors (Lipinski definition) is 5. The maximum atomic E-state index is 11.1. The third-order valence-electron chi connectivity index (χ3n) is 3.70. The fourth-order valence-electron chi connectivity index (χ4n) is 2.59. The zero-order valence-corrected chi connectivity index (χ0v) is 11.1. The molecule has 0 bridgehead atoms. The number of pyridine rings is 1. The molecule has 104 valence electrons. The Morgan fingerprint density at radius 2 is 2.16 bits per heavy atom. The van der Waals surface area contributed by atoms with Gasteiger partial charge in [0.25, 0.3) is 0 Å². The highest BCUT2D eigenvalue weighted by atomic mass is 16.6. The number of aryl methyl sites for hydroxylation is 1. The van der Waals surface area contributed by atoms with Crippen LogP contribution in [0.25, 0.3) is 0 Å². The molecule has 0 spiro atoms. The topological polar surface area (TPSA) is 88.3 Å². The van der Waals surface area contributed by atoms with Crippen LogP contribution in [0, 0.1) is 17.0 Å². The zero-order valence-electron chi connectivity index (χ0n) is 11.1. The average Bonchev–Trinajstić information content (AvgIpc) is 2.42. The van der Waals surface area contributed by atoms with Gasteiger partial charge in [-0.05, 0) is 25.3 Å². The van der Waals surface area contributed by atoms with E-state index in [4.69, 9.17) is 0 Å². The minimum Gasteiger partial charge on any atom is -0.394 e. The van der Waals surface area contributed by atoms with Crippen LogP contribution in [-0.4, -0.2) is 27.2 Å². The molecule has 1 heterocycles. The molecule has 0 atom stereocenters. The van der Waals surface area contributed by atoms with Gasteiger partial charge >= 0.3 is 5.69 Å². The van der Waals surface area contributed by atoms with Gasteiger partial charge < -0.3 is 10.4 Å². The van der Waals surface area contributed by atoms with Gasteiger partial charge in [0, 0.05) is 12.3 Å². The SMILES string of the molecule is Cc1cnc(NC2(CO)CCCCC2)c([N+](=O)[O-])c1. The van der Waals surface area contributed by atoms with E-state index in [-0.39, 0.29) is 18.1 Å². The molecule has 1 aliphatic rings. The minimum atomic E-state index is -0.467. The summed E-state index contributed by atoms with van der Waals surface area (Å²) in [6.07, 6.45) is 6.42. The first-order chi connectivity index (χ1) is 9.06. The molecule has 19 heavy (non-hydrogen) atoms. The summed E-state index contributed by atoms with van der Waals surface area (Å²) in [4.78, 5) is 14.8. The quantitative estimate of drug-likeness (QED) is 0.644. The molecular weight excluding hydrogens is 246 g/mol. The van der Waals surface area contributed by atoms with Crippen LogP contribution in [0.1, 0.15) is 37.7 Å². The van der Waals surface area contributed by atoms with Crippen molar-refractivity contribution in [2.45, 2.75) is 44.6 Å². The Morgan fingerprint density at radius 1 is 1.47 bits per heavy atom. The Labute approximate surface area is 112 Å². The summed E-state index contributed by atoms with van der Waals surface area (Å²) in [6, 6.07) is 1.50. The van der Waals surface area contributed by atoms with Crippen molar-refractivity contribution >= 4 is 11.5 Å². The van der Waals surface area contributed by atoms with Crippen LogP contribution in [0.2, 0.25) is 0 Å². The lowest BCUT2D eigenvalue weighted by Gasteiger charge is -2.36. The minimum absolute atomic E-state index is 0.0281. The number of nitrogens with zero attached hydrogens (tertiary/aromatic N) is 2. The number of aliphatic hydroxyl groups is 1. The highest BCUT2D eigenvalue weighted by molar-refractivity contribution is 5.58. The Balaban J connectivity index is 2.28. The molecule has 0 aromatic carbocycles. The molecule has 2 rings (SSSR count). The maximum absolute atomic E-state index is 11.1. The van der Waals surface area contributed by atoms with Crippen molar-refractivity contribution in [2.24, 2.45) is 0 Å². The fraction of sp³-hybridized carbons (Fsp3) is 0.615. The van der Waals surface area contributed by atoms with Crippen molar-refractivity contribution in [3.05, 3.63) is 27.9 Å². The number of anilines is 1.